The molecule has 19 heavy (non-hydrogen) atoms. The van der Waals surface area contributed by atoms with Gasteiger partial charge in [-0.3, -0.25) is 0 Å². The molecule has 0 amide bonds. The number of thiazole rings is 1. The molecule has 0 aliphatic heterocycles. The summed E-state index contributed by atoms with van der Waals surface area (Å²) < 4.78 is 0. The number of anilines is 1. The summed E-state index contributed by atoms with van der Waals surface area (Å²) in [6.45, 7) is 2.76. The number of hydrogen-bond acceptors (Lipinski definition) is 4. The Kier molecular flexibility index (Phi) is 4.39. The second-order valence-corrected chi connectivity index (χ2v) is 6.00. The minimum atomic E-state index is 0.313. The molecule has 0 fully saturated rings. The smallest absolute Gasteiger partial charge is 0.107 e. The number of aromatic nitrogens is 1. The van der Waals surface area contributed by atoms with E-state index in [1.807, 2.05) is 31.6 Å². The molecule has 0 bridgehead atoms. The zero-order chi connectivity index (χ0) is 14.0. The summed E-state index contributed by atoms with van der Waals surface area (Å²) in [6.07, 6.45) is 0. The van der Waals surface area contributed by atoms with Gasteiger partial charge in [0.2, 0.25) is 0 Å². The molecule has 1 aromatic heterocycles. The van der Waals surface area contributed by atoms with E-state index in [2.05, 4.69) is 9.88 Å². The highest BCUT2D eigenvalue weighted by Gasteiger charge is 2.14. The molecule has 0 saturated carbocycles. The van der Waals surface area contributed by atoms with Gasteiger partial charge in [0.1, 0.15) is 4.99 Å². The van der Waals surface area contributed by atoms with Crippen molar-refractivity contribution in [3.63, 3.8) is 0 Å². The van der Waals surface area contributed by atoms with Crippen LogP contribution in [-0.4, -0.2) is 17.0 Å². The lowest BCUT2D eigenvalue weighted by Gasteiger charge is -2.22. The van der Waals surface area contributed by atoms with Crippen molar-refractivity contribution in [2.24, 2.45) is 5.73 Å². The van der Waals surface area contributed by atoms with E-state index in [-0.39, 0.29) is 0 Å². The van der Waals surface area contributed by atoms with E-state index in [9.17, 15) is 0 Å². The molecule has 2 aromatic rings. The summed E-state index contributed by atoms with van der Waals surface area (Å²) in [4.78, 5) is 7.87. The summed E-state index contributed by atoms with van der Waals surface area (Å²) in [5.41, 5.74) is 10.3. The standard InChI is InChI=1S/C13H14ClN3S2/c1-8-11(19-7-16-8)6-17(2)10-5-3-4-9(14)12(10)13(15)18/h3-5,7H,6H2,1-2H3,(H2,15,18). The molecule has 100 valence electrons. The van der Waals surface area contributed by atoms with Gasteiger partial charge in [-0.2, -0.15) is 0 Å². The summed E-state index contributed by atoms with van der Waals surface area (Å²) in [6, 6.07) is 5.66. The first kappa shape index (κ1) is 14.2. The Hall–Kier alpha value is -1.17. The zero-order valence-electron chi connectivity index (χ0n) is 10.7. The van der Waals surface area contributed by atoms with Crippen LogP contribution in [0.2, 0.25) is 5.02 Å². The molecule has 1 aromatic carbocycles. The van der Waals surface area contributed by atoms with Crippen LogP contribution < -0.4 is 10.6 Å². The quantitative estimate of drug-likeness (QED) is 0.879. The fourth-order valence-corrected chi connectivity index (χ4v) is 3.22. The molecule has 0 atom stereocenters. The van der Waals surface area contributed by atoms with Crippen LogP contribution in [0.25, 0.3) is 0 Å². The second-order valence-electron chi connectivity index (χ2n) is 4.22. The fraction of sp³-hybridized carbons (Fsp3) is 0.231. The number of rotatable bonds is 4. The minimum Gasteiger partial charge on any atom is -0.389 e. The fourth-order valence-electron chi connectivity index (χ4n) is 1.85. The lowest BCUT2D eigenvalue weighted by molar-refractivity contribution is 0.925. The molecule has 6 heteroatoms. The van der Waals surface area contributed by atoms with Gasteiger partial charge in [-0.15, -0.1) is 11.3 Å². The average Bonchev–Trinajstić information content (AvgIpc) is 2.74. The van der Waals surface area contributed by atoms with Crippen LogP contribution in [-0.2, 0) is 6.54 Å². The molecule has 0 aliphatic rings. The lowest BCUT2D eigenvalue weighted by atomic mass is 10.1. The summed E-state index contributed by atoms with van der Waals surface area (Å²) in [5.74, 6) is 0. The third kappa shape index (κ3) is 3.05. The molecule has 0 saturated heterocycles. The monoisotopic (exact) mass is 311 g/mol. The third-order valence-electron chi connectivity index (χ3n) is 2.87. The number of thiocarbonyl (C=S) groups is 1. The van der Waals surface area contributed by atoms with Crippen molar-refractivity contribution in [3.05, 3.63) is 44.9 Å². The van der Waals surface area contributed by atoms with Gasteiger partial charge in [0.15, 0.2) is 0 Å². The first-order valence-electron chi connectivity index (χ1n) is 5.69. The van der Waals surface area contributed by atoms with Crippen molar-refractivity contribution in [1.82, 2.24) is 4.98 Å². The average molecular weight is 312 g/mol. The number of aryl methyl sites for hydroxylation is 1. The predicted molar refractivity (Wildman–Crippen MR) is 86.3 cm³/mol. The van der Waals surface area contributed by atoms with Crippen molar-refractivity contribution in [2.75, 3.05) is 11.9 Å². The zero-order valence-corrected chi connectivity index (χ0v) is 13.1. The third-order valence-corrected chi connectivity index (χ3v) is 4.31. The largest absolute Gasteiger partial charge is 0.389 e. The highest BCUT2D eigenvalue weighted by molar-refractivity contribution is 7.80. The first-order chi connectivity index (χ1) is 9.00. The van der Waals surface area contributed by atoms with Crippen molar-refractivity contribution in [3.8, 4) is 0 Å². The van der Waals surface area contributed by atoms with Crippen LogP contribution in [0.15, 0.2) is 23.7 Å². The molecule has 0 unspecified atom stereocenters. The van der Waals surface area contributed by atoms with Crippen LogP contribution in [0, 0.1) is 6.92 Å². The van der Waals surface area contributed by atoms with E-state index in [4.69, 9.17) is 29.6 Å². The molecule has 2 rings (SSSR count). The highest BCUT2D eigenvalue weighted by Crippen LogP contribution is 2.28. The molecular formula is C13H14ClN3S2. The number of benzene rings is 1. The Morgan fingerprint density at radius 2 is 2.26 bits per heavy atom. The van der Waals surface area contributed by atoms with Crippen molar-refractivity contribution in [2.45, 2.75) is 13.5 Å². The van der Waals surface area contributed by atoms with Crippen LogP contribution >= 0.6 is 35.2 Å². The Bertz CT molecular complexity index is 610. The summed E-state index contributed by atoms with van der Waals surface area (Å²) in [7, 11) is 1.99. The van der Waals surface area contributed by atoms with Crippen molar-refractivity contribution >= 4 is 45.8 Å². The Morgan fingerprint density at radius 1 is 1.53 bits per heavy atom. The van der Waals surface area contributed by atoms with Gasteiger partial charge < -0.3 is 10.6 Å². The summed E-state index contributed by atoms with van der Waals surface area (Å²) >= 11 is 12.9. The van der Waals surface area contributed by atoms with Crippen LogP contribution in [0.3, 0.4) is 0 Å². The predicted octanol–water partition coefficient (Wildman–Crippen LogP) is 3.38. The number of nitrogens with two attached hydrogens (primary N) is 1. The van der Waals surface area contributed by atoms with Crippen molar-refractivity contribution < 1.29 is 0 Å². The molecule has 0 aliphatic carbocycles. The number of hydrogen-bond donors (Lipinski definition) is 1. The maximum absolute atomic E-state index is 6.18. The Labute approximate surface area is 127 Å². The van der Waals surface area contributed by atoms with Crippen LogP contribution in [0.4, 0.5) is 5.69 Å². The first-order valence-corrected chi connectivity index (χ1v) is 7.35. The highest BCUT2D eigenvalue weighted by atomic mass is 35.5. The molecule has 0 spiro atoms. The molecular weight excluding hydrogens is 298 g/mol. The van der Waals surface area contributed by atoms with E-state index in [1.165, 1.54) is 4.88 Å². The SMILES string of the molecule is Cc1ncsc1CN(C)c1cccc(Cl)c1C(N)=S. The minimum absolute atomic E-state index is 0.313. The molecule has 2 N–H and O–H groups in total. The maximum Gasteiger partial charge on any atom is 0.107 e. The lowest BCUT2D eigenvalue weighted by Crippen LogP contribution is -2.21. The van der Waals surface area contributed by atoms with Gasteiger partial charge in [0.05, 0.1) is 28.3 Å². The van der Waals surface area contributed by atoms with Gasteiger partial charge in [0, 0.05) is 17.6 Å². The molecule has 0 radical (unpaired) electrons. The van der Waals surface area contributed by atoms with Gasteiger partial charge in [-0.25, -0.2) is 4.98 Å². The van der Waals surface area contributed by atoms with Gasteiger partial charge >= 0.3 is 0 Å². The van der Waals surface area contributed by atoms with E-state index in [0.717, 1.165) is 23.5 Å². The van der Waals surface area contributed by atoms with Crippen molar-refractivity contribution in [1.29, 1.82) is 0 Å². The molecule has 1 heterocycles. The van der Waals surface area contributed by atoms with Crippen LogP contribution in [0.5, 0.6) is 0 Å². The second kappa shape index (κ2) is 5.86. The van der Waals surface area contributed by atoms with E-state index < -0.39 is 0 Å². The molecule has 3 nitrogen and oxygen atoms in total. The van der Waals surface area contributed by atoms with Crippen LogP contribution in [0.1, 0.15) is 16.1 Å². The normalized spacial score (nSPS) is 10.5. The van der Waals surface area contributed by atoms with Gasteiger partial charge in [-0.05, 0) is 19.1 Å². The van der Waals surface area contributed by atoms with Gasteiger partial charge in [0.25, 0.3) is 0 Å². The van der Waals surface area contributed by atoms with Gasteiger partial charge in [-0.1, -0.05) is 29.9 Å². The maximum atomic E-state index is 6.18. The van der Waals surface area contributed by atoms with E-state index in [1.54, 1.807) is 17.4 Å². The summed E-state index contributed by atoms with van der Waals surface area (Å²) in [5, 5.41) is 0.581. The topological polar surface area (TPSA) is 42.2 Å². The Balaban J connectivity index is 2.34. The van der Waals surface area contributed by atoms with E-state index in [0.29, 0.717) is 10.0 Å². The number of halogens is 1. The Morgan fingerprint density at radius 3 is 2.84 bits per heavy atom. The van der Waals surface area contributed by atoms with E-state index >= 15 is 0 Å². The number of nitrogens with zero attached hydrogens (tertiary/aromatic N) is 2.